The van der Waals surface area contributed by atoms with E-state index in [1.54, 1.807) is 12.1 Å². The Morgan fingerprint density at radius 1 is 1.29 bits per heavy atom. The Kier molecular flexibility index (Phi) is 4.59. The highest BCUT2D eigenvalue weighted by atomic mass is 32.2. The van der Waals surface area contributed by atoms with Crippen molar-refractivity contribution in [3.05, 3.63) is 23.8 Å². The van der Waals surface area contributed by atoms with E-state index < -0.39 is 10.0 Å². The minimum atomic E-state index is -3.62. The standard InChI is InChI=1S/C13H17N3O4S/c1-9(17)14-6-7-15-21(19,20)11-3-4-12-10(8-11)2-5-13(18)16-12/h3-4,8,15H,2,5-7H2,1H3,(H,14,17)(H,16,18). The molecule has 0 unspecified atom stereocenters. The van der Waals surface area contributed by atoms with Crippen LogP contribution in [0.3, 0.4) is 0 Å². The Hall–Kier alpha value is -1.93. The molecule has 0 atom stereocenters. The molecule has 2 amide bonds. The van der Waals surface area contributed by atoms with Crippen LogP contribution in [-0.2, 0) is 26.0 Å². The van der Waals surface area contributed by atoms with Gasteiger partial charge in [-0.15, -0.1) is 0 Å². The molecule has 0 spiro atoms. The third kappa shape index (κ3) is 4.02. The topological polar surface area (TPSA) is 104 Å². The molecule has 1 aliphatic rings. The maximum Gasteiger partial charge on any atom is 0.240 e. The van der Waals surface area contributed by atoms with E-state index >= 15 is 0 Å². The van der Waals surface area contributed by atoms with Crippen LogP contribution in [0.15, 0.2) is 23.1 Å². The maximum atomic E-state index is 12.1. The van der Waals surface area contributed by atoms with E-state index in [-0.39, 0.29) is 29.8 Å². The van der Waals surface area contributed by atoms with Gasteiger partial charge in [-0.25, -0.2) is 13.1 Å². The first-order valence-corrected chi connectivity index (χ1v) is 8.04. The molecule has 1 aromatic rings. The minimum absolute atomic E-state index is 0.0634. The van der Waals surface area contributed by atoms with E-state index in [4.69, 9.17) is 0 Å². The molecule has 0 aromatic heterocycles. The van der Waals surface area contributed by atoms with Crippen LogP contribution in [0.25, 0.3) is 0 Å². The molecule has 2 rings (SSSR count). The molecule has 8 heteroatoms. The fourth-order valence-electron chi connectivity index (χ4n) is 2.03. The quantitative estimate of drug-likeness (QED) is 0.665. The number of carbonyl (C=O) groups is 2. The molecule has 1 aromatic carbocycles. The van der Waals surface area contributed by atoms with Crippen molar-refractivity contribution in [2.75, 3.05) is 18.4 Å². The van der Waals surface area contributed by atoms with Gasteiger partial charge in [-0.05, 0) is 30.2 Å². The lowest BCUT2D eigenvalue weighted by molar-refractivity contribution is -0.119. The molecule has 21 heavy (non-hydrogen) atoms. The molecule has 1 heterocycles. The number of rotatable bonds is 5. The number of aryl methyl sites for hydroxylation is 1. The summed E-state index contributed by atoms with van der Waals surface area (Å²) in [6.45, 7) is 1.72. The third-order valence-electron chi connectivity index (χ3n) is 3.07. The van der Waals surface area contributed by atoms with Crippen molar-refractivity contribution in [2.24, 2.45) is 0 Å². The number of hydrogen-bond donors (Lipinski definition) is 3. The van der Waals surface area contributed by atoms with Crippen LogP contribution < -0.4 is 15.4 Å². The predicted octanol–water partition coefficient (Wildman–Crippen LogP) is -0.0143. The molecule has 0 fully saturated rings. The summed E-state index contributed by atoms with van der Waals surface area (Å²) < 4.78 is 26.6. The lowest BCUT2D eigenvalue weighted by Crippen LogP contribution is -2.33. The van der Waals surface area contributed by atoms with Crippen molar-refractivity contribution in [3.63, 3.8) is 0 Å². The van der Waals surface area contributed by atoms with Crippen LogP contribution >= 0.6 is 0 Å². The molecule has 0 radical (unpaired) electrons. The van der Waals surface area contributed by atoms with E-state index in [0.29, 0.717) is 18.5 Å². The Balaban J connectivity index is 2.06. The van der Waals surface area contributed by atoms with Crippen LogP contribution in [0.1, 0.15) is 18.9 Å². The van der Waals surface area contributed by atoms with Crippen molar-refractivity contribution in [1.82, 2.24) is 10.0 Å². The van der Waals surface area contributed by atoms with Gasteiger partial charge < -0.3 is 10.6 Å². The van der Waals surface area contributed by atoms with Crippen molar-refractivity contribution in [1.29, 1.82) is 0 Å². The number of nitrogens with one attached hydrogen (secondary N) is 3. The molecule has 1 aliphatic heterocycles. The first kappa shape index (κ1) is 15.5. The fourth-order valence-corrected chi connectivity index (χ4v) is 3.12. The number of anilines is 1. The van der Waals surface area contributed by atoms with E-state index in [9.17, 15) is 18.0 Å². The number of benzene rings is 1. The van der Waals surface area contributed by atoms with Crippen molar-refractivity contribution in [3.8, 4) is 0 Å². The maximum absolute atomic E-state index is 12.1. The van der Waals surface area contributed by atoms with Crippen LogP contribution in [-0.4, -0.2) is 33.3 Å². The molecule has 0 aliphatic carbocycles. The number of sulfonamides is 1. The van der Waals surface area contributed by atoms with Gasteiger partial charge in [-0.3, -0.25) is 9.59 Å². The van der Waals surface area contributed by atoms with Gasteiger partial charge in [0.15, 0.2) is 0 Å². The molecular weight excluding hydrogens is 294 g/mol. The van der Waals surface area contributed by atoms with Gasteiger partial charge in [0.25, 0.3) is 0 Å². The van der Waals surface area contributed by atoms with Gasteiger partial charge in [-0.1, -0.05) is 0 Å². The fraction of sp³-hybridized carbons (Fsp3) is 0.385. The third-order valence-corrected chi connectivity index (χ3v) is 4.53. The molecule has 0 saturated carbocycles. The van der Waals surface area contributed by atoms with Crippen LogP contribution in [0.5, 0.6) is 0 Å². The van der Waals surface area contributed by atoms with E-state index in [2.05, 4.69) is 15.4 Å². The van der Waals surface area contributed by atoms with E-state index in [1.807, 2.05) is 0 Å². The molecule has 0 bridgehead atoms. The summed E-state index contributed by atoms with van der Waals surface area (Å²) in [6, 6.07) is 4.61. The van der Waals surface area contributed by atoms with E-state index in [1.165, 1.54) is 13.0 Å². The Morgan fingerprint density at radius 3 is 2.76 bits per heavy atom. The SMILES string of the molecule is CC(=O)NCCNS(=O)(=O)c1ccc2c(c1)CCC(=O)N2. The first-order chi connectivity index (χ1) is 9.88. The largest absolute Gasteiger partial charge is 0.355 e. The summed E-state index contributed by atoms with van der Waals surface area (Å²) in [7, 11) is -3.62. The number of fused-ring (bicyclic) bond motifs is 1. The number of hydrogen-bond acceptors (Lipinski definition) is 4. The first-order valence-electron chi connectivity index (χ1n) is 6.55. The van der Waals surface area contributed by atoms with Gasteiger partial charge in [0, 0.05) is 32.1 Å². The highest BCUT2D eigenvalue weighted by Gasteiger charge is 2.19. The second kappa shape index (κ2) is 6.23. The lowest BCUT2D eigenvalue weighted by atomic mass is 10.0. The highest BCUT2D eigenvalue weighted by molar-refractivity contribution is 7.89. The van der Waals surface area contributed by atoms with Crippen molar-refractivity contribution >= 4 is 27.5 Å². The molecule has 0 saturated heterocycles. The summed E-state index contributed by atoms with van der Waals surface area (Å²) in [5, 5.41) is 5.21. The smallest absolute Gasteiger partial charge is 0.240 e. The Labute approximate surface area is 123 Å². The normalized spacial score (nSPS) is 14.2. The van der Waals surface area contributed by atoms with Gasteiger partial charge in [0.05, 0.1) is 4.90 Å². The summed E-state index contributed by atoms with van der Waals surface area (Å²) in [5.41, 5.74) is 1.46. The van der Waals surface area contributed by atoms with Gasteiger partial charge in [0.2, 0.25) is 21.8 Å². The molecule has 7 nitrogen and oxygen atoms in total. The molecular formula is C13H17N3O4S. The second-order valence-corrected chi connectivity index (χ2v) is 6.51. The van der Waals surface area contributed by atoms with Crippen LogP contribution in [0.4, 0.5) is 5.69 Å². The Bertz CT molecular complexity index is 670. The zero-order valence-corrected chi connectivity index (χ0v) is 12.4. The van der Waals surface area contributed by atoms with E-state index in [0.717, 1.165) is 5.56 Å². The minimum Gasteiger partial charge on any atom is -0.355 e. The highest BCUT2D eigenvalue weighted by Crippen LogP contribution is 2.25. The average molecular weight is 311 g/mol. The van der Waals surface area contributed by atoms with Gasteiger partial charge in [0.1, 0.15) is 0 Å². The summed E-state index contributed by atoms with van der Waals surface area (Å²) in [4.78, 5) is 22.1. The zero-order valence-electron chi connectivity index (χ0n) is 11.6. The molecule has 3 N–H and O–H groups in total. The van der Waals surface area contributed by atoms with Gasteiger partial charge >= 0.3 is 0 Å². The zero-order chi connectivity index (χ0) is 15.5. The van der Waals surface area contributed by atoms with Crippen LogP contribution in [0.2, 0.25) is 0 Å². The average Bonchev–Trinajstić information content (AvgIpc) is 2.43. The Morgan fingerprint density at radius 2 is 2.05 bits per heavy atom. The monoisotopic (exact) mass is 311 g/mol. The molecule has 114 valence electrons. The second-order valence-electron chi connectivity index (χ2n) is 4.75. The van der Waals surface area contributed by atoms with Crippen molar-refractivity contribution in [2.45, 2.75) is 24.7 Å². The lowest BCUT2D eigenvalue weighted by Gasteiger charge is -2.17. The predicted molar refractivity (Wildman–Crippen MR) is 77.3 cm³/mol. The van der Waals surface area contributed by atoms with Crippen molar-refractivity contribution < 1.29 is 18.0 Å². The van der Waals surface area contributed by atoms with Gasteiger partial charge in [-0.2, -0.15) is 0 Å². The summed E-state index contributed by atoms with van der Waals surface area (Å²) >= 11 is 0. The number of carbonyl (C=O) groups excluding carboxylic acids is 2. The van der Waals surface area contributed by atoms with Crippen LogP contribution in [0, 0.1) is 0 Å². The number of amides is 2. The summed E-state index contributed by atoms with van der Waals surface area (Å²) in [5.74, 6) is -0.273. The summed E-state index contributed by atoms with van der Waals surface area (Å²) in [6.07, 6.45) is 0.878.